The molecule has 0 radical (unpaired) electrons. The zero-order valence-corrected chi connectivity index (χ0v) is 16.0. The summed E-state index contributed by atoms with van der Waals surface area (Å²) in [5.74, 6) is -0.333. The molecule has 0 amide bonds. The number of nitrogens with one attached hydrogen (secondary N) is 1. The van der Waals surface area contributed by atoms with Gasteiger partial charge in [0.25, 0.3) is 5.95 Å². The third-order valence-corrected chi connectivity index (χ3v) is 4.61. The first-order valence-corrected chi connectivity index (χ1v) is 8.79. The van der Waals surface area contributed by atoms with Crippen LogP contribution in [0.1, 0.15) is 5.56 Å². The van der Waals surface area contributed by atoms with E-state index in [1.807, 2.05) is 35.9 Å². The number of rotatable bonds is 4. The molecule has 0 aliphatic rings. The van der Waals surface area contributed by atoms with Gasteiger partial charge in [0, 0.05) is 28.5 Å². The number of aromatic hydroxyl groups is 1. The molecule has 2 aromatic carbocycles. The second-order valence-corrected chi connectivity index (χ2v) is 6.79. The predicted molar refractivity (Wildman–Crippen MR) is 107 cm³/mol. The van der Waals surface area contributed by atoms with Gasteiger partial charge in [0.05, 0.1) is 16.7 Å². The van der Waals surface area contributed by atoms with Gasteiger partial charge in [0.1, 0.15) is 5.52 Å². The zero-order valence-electron chi connectivity index (χ0n) is 14.4. The summed E-state index contributed by atoms with van der Waals surface area (Å²) in [4.78, 5) is 14.7. The van der Waals surface area contributed by atoms with E-state index in [0.29, 0.717) is 15.6 Å². The number of fused-ring (bicyclic) bond motifs is 3. The van der Waals surface area contributed by atoms with Crippen molar-refractivity contribution in [2.75, 3.05) is 5.43 Å². The summed E-state index contributed by atoms with van der Waals surface area (Å²) in [5, 5.41) is 34.1. The minimum Gasteiger partial charge on any atom is -0.502 e. The van der Waals surface area contributed by atoms with E-state index in [2.05, 4.69) is 41.6 Å². The number of halogens is 1. The molecular weight excluding hydrogens is 430 g/mol. The standard InChI is InChI=1S/C17H12BrN7O3/c1-24-12-5-3-2-4-11(12)14-16(24)20-17(23-21-14)22-19-8-9-6-10(18)7-13(15(9)26)25(27)28/h2-8,26H,1H3,(H,20,22,23)/b19-8+. The number of nitro groups is 1. The highest BCUT2D eigenvalue weighted by molar-refractivity contribution is 9.10. The molecule has 2 heterocycles. The summed E-state index contributed by atoms with van der Waals surface area (Å²) in [7, 11) is 1.88. The topological polar surface area (TPSA) is 131 Å². The van der Waals surface area contributed by atoms with Crippen LogP contribution in [0.3, 0.4) is 0 Å². The molecule has 0 aliphatic carbocycles. The largest absolute Gasteiger partial charge is 0.502 e. The Morgan fingerprint density at radius 2 is 2.11 bits per heavy atom. The summed E-state index contributed by atoms with van der Waals surface area (Å²) in [6.45, 7) is 0. The summed E-state index contributed by atoms with van der Waals surface area (Å²) in [6.07, 6.45) is 1.24. The van der Waals surface area contributed by atoms with Crippen LogP contribution in [0.15, 0.2) is 46.0 Å². The molecule has 4 rings (SSSR count). The van der Waals surface area contributed by atoms with E-state index in [-0.39, 0.29) is 11.5 Å². The Balaban J connectivity index is 1.65. The number of aromatic nitrogens is 4. The van der Waals surface area contributed by atoms with Crippen molar-refractivity contribution in [2.24, 2.45) is 12.1 Å². The molecule has 140 valence electrons. The van der Waals surface area contributed by atoms with Gasteiger partial charge in [-0.25, -0.2) is 5.43 Å². The molecule has 2 aromatic heterocycles. The van der Waals surface area contributed by atoms with Gasteiger partial charge in [-0.3, -0.25) is 10.1 Å². The maximum Gasteiger partial charge on any atom is 0.312 e. The molecule has 0 aliphatic heterocycles. The number of anilines is 1. The normalized spacial score (nSPS) is 11.5. The highest BCUT2D eigenvalue weighted by Crippen LogP contribution is 2.32. The van der Waals surface area contributed by atoms with E-state index in [4.69, 9.17) is 0 Å². The first kappa shape index (κ1) is 17.8. The van der Waals surface area contributed by atoms with Crippen LogP contribution in [0.2, 0.25) is 0 Å². The maximum atomic E-state index is 11.0. The number of nitrogens with zero attached hydrogens (tertiary/aromatic N) is 6. The monoisotopic (exact) mass is 441 g/mol. The number of para-hydroxylation sites is 1. The van der Waals surface area contributed by atoms with E-state index in [1.165, 1.54) is 18.3 Å². The van der Waals surface area contributed by atoms with E-state index >= 15 is 0 Å². The minimum absolute atomic E-state index is 0.152. The Labute approximate surface area is 165 Å². The lowest BCUT2D eigenvalue weighted by molar-refractivity contribution is -0.385. The van der Waals surface area contributed by atoms with Crippen LogP contribution >= 0.6 is 15.9 Å². The van der Waals surface area contributed by atoms with Gasteiger partial charge in [-0.1, -0.05) is 34.1 Å². The summed E-state index contributed by atoms with van der Waals surface area (Å²) in [6, 6.07) is 10.5. The number of hydrogen-bond acceptors (Lipinski definition) is 8. The molecular formula is C17H12BrN7O3. The molecule has 28 heavy (non-hydrogen) atoms. The number of phenols is 1. The molecule has 11 heteroatoms. The minimum atomic E-state index is -0.675. The van der Waals surface area contributed by atoms with Crippen molar-refractivity contribution in [2.45, 2.75) is 0 Å². The first-order valence-electron chi connectivity index (χ1n) is 7.99. The number of nitro benzene ring substituents is 1. The van der Waals surface area contributed by atoms with Crippen molar-refractivity contribution in [1.29, 1.82) is 0 Å². The van der Waals surface area contributed by atoms with Crippen LogP contribution in [0.4, 0.5) is 11.6 Å². The first-order chi connectivity index (χ1) is 13.5. The highest BCUT2D eigenvalue weighted by atomic mass is 79.9. The fourth-order valence-electron chi connectivity index (χ4n) is 2.86. The second-order valence-electron chi connectivity index (χ2n) is 5.87. The van der Waals surface area contributed by atoms with E-state index in [9.17, 15) is 15.2 Å². The quantitative estimate of drug-likeness (QED) is 0.282. The lowest BCUT2D eigenvalue weighted by atomic mass is 10.2. The summed E-state index contributed by atoms with van der Waals surface area (Å²) < 4.78 is 2.34. The zero-order chi connectivity index (χ0) is 19.8. The van der Waals surface area contributed by atoms with Crippen LogP contribution < -0.4 is 5.43 Å². The molecule has 0 fully saturated rings. The molecule has 0 saturated heterocycles. The molecule has 0 unspecified atom stereocenters. The smallest absolute Gasteiger partial charge is 0.312 e. The molecule has 4 aromatic rings. The number of benzene rings is 2. The van der Waals surface area contributed by atoms with Crippen molar-refractivity contribution in [1.82, 2.24) is 19.7 Å². The third-order valence-electron chi connectivity index (χ3n) is 4.16. The van der Waals surface area contributed by atoms with Gasteiger partial charge in [-0.05, 0) is 12.1 Å². The fourth-order valence-corrected chi connectivity index (χ4v) is 3.32. The Morgan fingerprint density at radius 1 is 1.32 bits per heavy atom. The second kappa shape index (κ2) is 6.85. The van der Waals surface area contributed by atoms with Crippen molar-refractivity contribution >= 4 is 55.8 Å². The fraction of sp³-hybridized carbons (Fsp3) is 0.0588. The van der Waals surface area contributed by atoms with Crippen LogP contribution in [0.25, 0.3) is 22.1 Å². The van der Waals surface area contributed by atoms with Crippen LogP contribution in [0, 0.1) is 10.1 Å². The van der Waals surface area contributed by atoms with Crippen molar-refractivity contribution in [3.05, 3.63) is 56.5 Å². The predicted octanol–water partition coefficient (Wildman–Crippen LogP) is 3.34. The van der Waals surface area contributed by atoms with Crippen molar-refractivity contribution < 1.29 is 10.0 Å². The Hall–Kier alpha value is -3.60. The van der Waals surface area contributed by atoms with Crippen LogP contribution in [-0.2, 0) is 7.05 Å². The summed E-state index contributed by atoms with van der Waals surface area (Å²) >= 11 is 3.17. The van der Waals surface area contributed by atoms with E-state index in [0.717, 1.165) is 10.9 Å². The number of hydrogen-bond donors (Lipinski definition) is 2. The van der Waals surface area contributed by atoms with Gasteiger partial charge in [-0.15, -0.1) is 10.2 Å². The SMILES string of the molecule is Cn1c2ccccc2c2nnc(N/N=C/c3cc(Br)cc([N+](=O)[O-])c3O)nc21. The maximum absolute atomic E-state index is 11.0. The van der Waals surface area contributed by atoms with Crippen molar-refractivity contribution in [3.8, 4) is 5.75 Å². The van der Waals surface area contributed by atoms with Crippen LogP contribution in [0.5, 0.6) is 5.75 Å². The Morgan fingerprint density at radius 3 is 2.89 bits per heavy atom. The molecule has 0 saturated carbocycles. The Bertz CT molecular complexity index is 1270. The van der Waals surface area contributed by atoms with Crippen LogP contribution in [-0.4, -0.2) is 36.0 Å². The van der Waals surface area contributed by atoms with Crippen molar-refractivity contribution in [3.63, 3.8) is 0 Å². The van der Waals surface area contributed by atoms with Gasteiger partial charge in [0.15, 0.2) is 5.65 Å². The average molecular weight is 442 g/mol. The number of phenolic OH excluding ortho intramolecular Hbond substituents is 1. The van der Waals surface area contributed by atoms with Gasteiger partial charge in [0.2, 0.25) is 5.75 Å². The lowest BCUT2D eigenvalue weighted by Crippen LogP contribution is -2.01. The summed E-state index contributed by atoms with van der Waals surface area (Å²) in [5.41, 5.74) is 4.65. The molecule has 10 nitrogen and oxygen atoms in total. The van der Waals surface area contributed by atoms with Gasteiger partial charge in [-0.2, -0.15) is 10.1 Å². The number of aryl methyl sites for hydroxylation is 1. The molecule has 0 atom stereocenters. The van der Waals surface area contributed by atoms with E-state index in [1.54, 1.807) is 0 Å². The number of hydrazone groups is 1. The molecule has 0 bridgehead atoms. The molecule has 2 N–H and O–H groups in total. The highest BCUT2D eigenvalue weighted by Gasteiger charge is 2.17. The average Bonchev–Trinajstić information content (AvgIpc) is 2.96. The Kier molecular flexibility index (Phi) is 4.35. The van der Waals surface area contributed by atoms with Gasteiger partial charge < -0.3 is 9.67 Å². The van der Waals surface area contributed by atoms with Gasteiger partial charge >= 0.3 is 5.69 Å². The van der Waals surface area contributed by atoms with E-state index < -0.39 is 16.4 Å². The molecule has 0 spiro atoms. The third kappa shape index (κ3) is 3.01. The lowest BCUT2D eigenvalue weighted by Gasteiger charge is -2.02.